The number of hydrogen-bond donors (Lipinski definition) is 1. The lowest BCUT2D eigenvalue weighted by Crippen LogP contribution is -2.46. The first-order valence-electron chi connectivity index (χ1n) is 10.8. The Morgan fingerprint density at radius 1 is 1.06 bits per heavy atom. The van der Waals surface area contributed by atoms with Crippen LogP contribution in [0.3, 0.4) is 0 Å². The molecule has 0 spiro atoms. The standard InChI is InChI=1S/C26H28N4O3/c1-29(2)30-20-13-17(16-9-6-5-7-10-16)14-21(31)24(20)23(19(15-27)26(30)28)18-11-8-12-22(32-3)25(18)33-4/h5-12,17,23H,13-14,28H2,1-4H3/t17-,23-/m1/s1. The number of nitriles is 1. The first kappa shape index (κ1) is 22.4. The molecule has 2 aromatic carbocycles. The van der Waals surface area contributed by atoms with E-state index >= 15 is 0 Å². The summed E-state index contributed by atoms with van der Waals surface area (Å²) in [5.74, 6) is 0.756. The molecule has 33 heavy (non-hydrogen) atoms. The highest BCUT2D eigenvalue weighted by Gasteiger charge is 2.44. The summed E-state index contributed by atoms with van der Waals surface area (Å²) < 4.78 is 11.2. The Hall–Kier alpha value is -3.76. The van der Waals surface area contributed by atoms with E-state index in [-0.39, 0.29) is 11.7 Å². The second kappa shape index (κ2) is 9.00. The summed E-state index contributed by atoms with van der Waals surface area (Å²) in [6, 6.07) is 17.8. The summed E-state index contributed by atoms with van der Waals surface area (Å²) in [6.07, 6.45) is 0.997. The molecule has 0 fully saturated rings. The second-order valence-electron chi connectivity index (χ2n) is 8.38. The Bertz CT molecular complexity index is 1180. The highest BCUT2D eigenvalue weighted by Crippen LogP contribution is 2.50. The molecule has 7 heteroatoms. The lowest BCUT2D eigenvalue weighted by Gasteiger charge is -2.44. The Kier molecular flexibility index (Phi) is 6.12. The molecule has 0 unspecified atom stereocenters. The number of carbonyl (C=O) groups excluding carboxylic acids is 1. The van der Waals surface area contributed by atoms with Gasteiger partial charge in [-0.3, -0.25) is 9.80 Å². The quantitative estimate of drug-likeness (QED) is 0.752. The van der Waals surface area contributed by atoms with Crippen LogP contribution in [0, 0.1) is 11.3 Å². The first-order chi connectivity index (χ1) is 15.9. The maximum atomic E-state index is 13.7. The zero-order chi connectivity index (χ0) is 23.7. The molecule has 4 rings (SSSR count). The minimum Gasteiger partial charge on any atom is -0.493 e. The maximum Gasteiger partial charge on any atom is 0.164 e. The van der Waals surface area contributed by atoms with Gasteiger partial charge in [0.05, 0.1) is 31.8 Å². The summed E-state index contributed by atoms with van der Waals surface area (Å²) in [6.45, 7) is 0. The van der Waals surface area contributed by atoms with Crippen molar-refractivity contribution in [3.8, 4) is 17.6 Å². The van der Waals surface area contributed by atoms with E-state index in [1.54, 1.807) is 25.3 Å². The zero-order valence-corrected chi connectivity index (χ0v) is 19.3. The molecule has 2 aliphatic rings. The van der Waals surface area contributed by atoms with Crippen molar-refractivity contribution in [2.75, 3.05) is 28.3 Å². The fourth-order valence-corrected chi connectivity index (χ4v) is 4.98. The monoisotopic (exact) mass is 444 g/mol. The van der Waals surface area contributed by atoms with Crippen LogP contribution >= 0.6 is 0 Å². The number of rotatable bonds is 5. The number of ether oxygens (including phenoxy) is 2. The van der Waals surface area contributed by atoms with Gasteiger partial charge in [0.25, 0.3) is 0 Å². The van der Waals surface area contributed by atoms with Gasteiger partial charge in [-0.1, -0.05) is 42.5 Å². The number of nitrogens with zero attached hydrogens (tertiary/aromatic N) is 3. The smallest absolute Gasteiger partial charge is 0.164 e. The van der Waals surface area contributed by atoms with E-state index in [0.717, 1.165) is 11.3 Å². The third kappa shape index (κ3) is 3.73. The number of para-hydroxylation sites is 1. The molecule has 1 aliphatic carbocycles. The molecule has 1 heterocycles. The number of hydrogen-bond acceptors (Lipinski definition) is 7. The van der Waals surface area contributed by atoms with E-state index < -0.39 is 5.92 Å². The minimum atomic E-state index is -0.629. The van der Waals surface area contributed by atoms with E-state index in [4.69, 9.17) is 15.2 Å². The molecule has 0 aromatic heterocycles. The summed E-state index contributed by atoms with van der Waals surface area (Å²) in [5, 5.41) is 13.8. The summed E-state index contributed by atoms with van der Waals surface area (Å²) >= 11 is 0. The number of nitrogens with two attached hydrogens (primary N) is 1. The maximum absolute atomic E-state index is 13.7. The molecule has 0 amide bonds. The predicted octanol–water partition coefficient (Wildman–Crippen LogP) is 3.67. The Morgan fingerprint density at radius 2 is 1.79 bits per heavy atom. The SMILES string of the molecule is COc1cccc([C@@H]2C(C#N)=C(N)N(N(C)C)C3=C2C(=O)C[C@H](c2ccccc2)C3)c1OC. The number of carbonyl (C=O) groups is 1. The number of hydrazine groups is 1. The van der Waals surface area contributed by atoms with Crippen LogP contribution < -0.4 is 15.2 Å². The number of ketones is 1. The molecule has 0 radical (unpaired) electrons. The van der Waals surface area contributed by atoms with Crippen molar-refractivity contribution in [1.82, 2.24) is 10.0 Å². The highest BCUT2D eigenvalue weighted by molar-refractivity contribution is 6.00. The van der Waals surface area contributed by atoms with Gasteiger partial charge < -0.3 is 15.2 Å². The first-order valence-corrected chi connectivity index (χ1v) is 10.8. The van der Waals surface area contributed by atoms with Crippen molar-refractivity contribution in [1.29, 1.82) is 5.26 Å². The van der Waals surface area contributed by atoms with Crippen LogP contribution in [0.15, 0.2) is 71.2 Å². The second-order valence-corrected chi connectivity index (χ2v) is 8.38. The van der Waals surface area contributed by atoms with E-state index in [0.29, 0.717) is 46.9 Å². The van der Waals surface area contributed by atoms with Crippen LogP contribution in [-0.4, -0.2) is 44.1 Å². The summed E-state index contributed by atoms with van der Waals surface area (Å²) in [5.41, 5.74) is 10.1. The van der Waals surface area contributed by atoms with Crippen LogP contribution in [0.4, 0.5) is 0 Å². The topological polar surface area (TPSA) is 91.8 Å². The van der Waals surface area contributed by atoms with Crippen molar-refractivity contribution in [2.45, 2.75) is 24.7 Å². The van der Waals surface area contributed by atoms with Crippen molar-refractivity contribution in [3.05, 3.63) is 82.3 Å². The minimum absolute atomic E-state index is 0.00655. The van der Waals surface area contributed by atoms with Gasteiger partial charge in [-0.2, -0.15) is 5.26 Å². The van der Waals surface area contributed by atoms with Crippen molar-refractivity contribution in [2.24, 2.45) is 5.73 Å². The molecular weight excluding hydrogens is 416 g/mol. The van der Waals surface area contributed by atoms with Gasteiger partial charge in [0.2, 0.25) is 0 Å². The lowest BCUT2D eigenvalue weighted by atomic mass is 9.72. The summed E-state index contributed by atoms with van der Waals surface area (Å²) in [7, 11) is 6.83. The number of allylic oxidation sites excluding steroid dienone is 3. The van der Waals surface area contributed by atoms with E-state index in [1.165, 1.54) is 0 Å². The highest BCUT2D eigenvalue weighted by atomic mass is 16.5. The molecule has 2 aromatic rings. The predicted molar refractivity (Wildman–Crippen MR) is 125 cm³/mol. The van der Waals surface area contributed by atoms with Crippen LogP contribution in [0.2, 0.25) is 0 Å². The fraction of sp³-hybridized carbons (Fsp3) is 0.308. The van der Waals surface area contributed by atoms with Gasteiger partial charge in [-0.05, 0) is 24.0 Å². The molecule has 2 N–H and O–H groups in total. The van der Waals surface area contributed by atoms with Crippen LogP contribution in [-0.2, 0) is 4.79 Å². The lowest BCUT2D eigenvalue weighted by molar-refractivity contribution is -0.117. The Balaban J connectivity index is 1.95. The Morgan fingerprint density at radius 3 is 2.39 bits per heavy atom. The molecular formula is C26H28N4O3. The summed E-state index contributed by atoms with van der Waals surface area (Å²) in [4.78, 5) is 13.7. The van der Waals surface area contributed by atoms with E-state index in [1.807, 2.05) is 49.4 Å². The van der Waals surface area contributed by atoms with Gasteiger partial charge >= 0.3 is 0 Å². The average molecular weight is 445 g/mol. The van der Waals surface area contributed by atoms with Gasteiger partial charge in [-0.25, -0.2) is 5.01 Å². The molecule has 2 atom stereocenters. The van der Waals surface area contributed by atoms with Crippen molar-refractivity contribution >= 4 is 5.78 Å². The Labute approximate surface area is 194 Å². The van der Waals surface area contributed by atoms with Crippen LogP contribution in [0.5, 0.6) is 11.5 Å². The normalized spacial score (nSPS) is 20.6. The van der Waals surface area contributed by atoms with Crippen molar-refractivity contribution in [3.63, 3.8) is 0 Å². The number of methoxy groups -OCH3 is 2. The van der Waals surface area contributed by atoms with Crippen LogP contribution in [0.1, 0.15) is 35.8 Å². The fourth-order valence-electron chi connectivity index (χ4n) is 4.98. The van der Waals surface area contributed by atoms with Gasteiger partial charge in [0.15, 0.2) is 17.3 Å². The molecule has 170 valence electrons. The average Bonchev–Trinajstić information content (AvgIpc) is 2.82. The third-order valence-electron chi connectivity index (χ3n) is 6.36. The number of Topliss-reactive ketones (excluding diaryl/α,β-unsaturated/α-hetero) is 1. The number of benzene rings is 2. The molecule has 0 saturated carbocycles. The van der Waals surface area contributed by atoms with Gasteiger partial charge in [0, 0.05) is 37.3 Å². The zero-order valence-electron chi connectivity index (χ0n) is 19.3. The van der Waals surface area contributed by atoms with Crippen molar-refractivity contribution < 1.29 is 14.3 Å². The van der Waals surface area contributed by atoms with E-state index in [9.17, 15) is 10.1 Å². The molecule has 0 bridgehead atoms. The largest absolute Gasteiger partial charge is 0.493 e. The molecule has 7 nitrogen and oxygen atoms in total. The van der Waals surface area contributed by atoms with Gasteiger partial charge in [0.1, 0.15) is 5.82 Å². The molecule has 0 saturated heterocycles. The van der Waals surface area contributed by atoms with E-state index in [2.05, 4.69) is 18.2 Å². The molecule has 1 aliphatic heterocycles. The third-order valence-corrected chi connectivity index (χ3v) is 6.36. The van der Waals surface area contributed by atoms with Crippen LogP contribution in [0.25, 0.3) is 0 Å². The van der Waals surface area contributed by atoms with Gasteiger partial charge in [-0.15, -0.1) is 0 Å².